The highest BCUT2D eigenvalue weighted by Gasteiger charge is 2.24. The number of allylic oxidation sites excluding steroid dienone is 1. The molecule has 1 aromatic rings. The van der Waals surface area contributed by atoms with Crippen LogP contribution < -0.4 is 14.8 Å². The number of benzene rings is 1. The number of rotatable bonds is 6. The standard InChI is InChI=1S/C19H26N2O4/c1-4-5-6-18(22)20-15-9-11-21(12-10-15)19(23)14-7-8-16(24-2)17(13-14)25-3/h5-8,13,15H,4,9-12H2,1-3H3,(H,20,22)/b6-5+. The molecule has 1 aliphatic heterocycles. The van der Waals surface area contributed by atoms with Crippen molar-refractivity contribution < 1.29 is 19.1 Å². The Bertz CT molecular complexity index is 634. The molecule has 1 fully saturated rings. The van der Waals surface area contributed by atoms with E-state index in [0.29, 0.717) is 30.2 Å². The van der Waals surface area contributed by atoms with E-state index in [1.807, 2.05) is 17.9 Å². The van der Waals surface area contributed by atoms with Gasteiger partial charge in [0.15, 0.2) is 11.5 Å². The summed E-state index contributed by atoms with van der Waals surface area (Å²) in [6, 6.07) is 5.29. The molecule has 0 radical (unpaired) electrons. The van der Waals surface area contributed by atoms with Gasteiger partial charge in [-0.25, -0.2) is 0 Å². The van der Waals surface area contributed by atoms with Gasteiger partial charge in [-0.05, 0) is 43.5 Å². The number of ether oxygens (including phenoxy) is 2. The maximum absolute atomic E-state index is 12.7. The quantitative estimate of drug-likeness (QED) is 0.803. The summed E-state index contributed by atoms with van der Waals surface area (Å²) in [7, 11) is 3.11. The number of nitrogens with one attached hydrogen (secondary N) is 1. The number of likely N-dealkylation sites (tertiary alicyclic amines) is 1. The summed E-state index contributed by atoms with van der Waals surface area (Å²) in [4.78, 5) is 26.2. The fourth-order valence-electron chi connectivity index (χ4n) is 2.85. The molecule has 0 spiro atoms. The third kappa shape index (κ3) is 4.98. The van der Waals surface area contributed by atoms with Gasteiger partial charge in [-0.15, -0.1) is 0 Å². The Hall–Kier alpha value is -2.50. The number of amides is 2. The molecule has 1 aromatic carbocycles. The summed E-state index contributed by atoms with van der Waals surface area (Å²) in [5.41, 5.74) is 0.575. The number of carbonyl (C=O) groups is 2. The lowest BCUT2D eigenvalue weighted by atomic mass is 10.0. The summed E-state index contributed by atoms with van der Waals surface area (Å²) in [6.45, 7) is 3.23. The fraction of sp³-hybridized carbons (Fsp3) is 0.474. The summed E-state index contributed by atoms with van der Waals surface area (Å²) in [5.74, 6) is 1.04. The van der Waals surface area contributed by atoms with Gasteiger partial charge in [0.1, 0.15) is 0 Å². The molecular formula is C19H26N2O4. The Labute approximate surface area is 148 Å². The zero-order valence-corrected chi connectivity index (χ0v) is 15.1. The first-order valence-corrected chi connectivity index (χ1v) is 8.57. The van der Waals surface area contributed by atoms with Crippen LogP contribution in [0.5, 0.6) is 11.5 Å². The number of carbonyl (C=O) groups excluding carboxylic acids is 2. The largest absolute Gasteiger partial charge is 0.493 e. The van der Waals surface area contributed by atoms with E-state index in [1.54, 1.807) is 38.5 Å². The van der Waals surface area contributed by atoms with Crippen molar-refractivity contribution in [2.45, 2.75) is 32.2 Å². The maximum Gasteiger partial charge on any atom is 0.253 e. The second-order valence-electron chi connectivity index (χ2n) is 5.96. The van der Waals surface area contributed by atoms with Crippen molar-refractivity contribution in [3.05, 3.63) is 35.9 Å². The fourth-order valence-corrected chi connectivity index (χ4v) is 2.85. The second kappa shape index (κ2) is 9.11. The van der Waals surface area contributed by atoms with Crippen molar-refractivity contribution in [1.29, 1.82) is 0 Å². The van der Waals surface area contributed by atoms with Crippen LogP contribution in [-0.4, -0.2) is 50.1 Å². The summed E-state index contributed by atoms with van der Waals surface area (Å²) < 4.78 is 10.5. The third-order valence-electron chi connectivity index (χ3n) is 4.26. The predicted molar refractivity (Wildman–Crippen MR) is 96.0 cm³/mol. The second-order valence-corrected chi connectivity index (χ2v) is 5.96. The van der Waals surface area contributed by atoms with Crippen molar-refractivity contribution in [2.24, 2.45) is 0 Å². The van der Waals surface area contributed by atoms with E-state index in [0.717, 1.165) is 19.3 Å². The molecule has 0 bridgehead atoms. The molecule has 0 saturated carbocycles. The van der Waals surface area contributed by atoms with Gasteiger partial charge in [0.05, 0.1) is 14.2 Å². The number of hydrogen-bond acceptors (Lipinski definition) is 4. The van der Waals surface area contributed by atoms with Crippen LogP contribution in [0.15, 0.2) is 30.4 Å². The van der Waals surface area contributed by atoms with Gasteiger partial charge in [0, 0.05) is 24.7 Å². The van der Waals surface area contributed by atoms with Crippen molar-refractivity contribution in [3.63, 3.8) is 0 Å². The molecule has 0 aliphatic carbocycles. The Morgan fingerprint density at radius 3 is 2.48 bits per heavy atom. The van der Waals surface area contributed by atoms with Gasteiger partial charge in [-0.3, -0.25) is 9.59 Å². The van der Waals surface area contributed by atoms with Crippen LogP contribution >= 0.6 is 0 Å². The molecule has 0 atom stereocenters. The summed E-state index contributed by atoms with van der Waals surface area (Å²) >= 11 is 0. The minimum absolute atomic E-state index is 0.0309. The average Bonchev–Trinajstić information content (AvgIpc) is 2.65. The highest BCUT2D eigenvalue weighted by molar-refractivity contribution is 5.95. The Balaban J connectivity index is 1.93. The van der Waals surface area contributed by atoms with E-state index in [9.17, 15) is 9.59 Å². The van der Waals surface area contributed by atoms with E-state index in [1.165, 1.54) is 0 Å². The zero-order valence-electron chi connectivity index (χ0n) is 15.1. The number of hydrogen-bond donors (Lipinski definition) is 1. The summed E-state index contributed by atoms with van der Waals surface area (Å²) in [5, 5.41) is 2.99. The van der Waals surface area contributed by atoms with Crippen LogP contribution in [-0.2, 0) is 4.79 Å². The monoisotopic (exact) mass is 346 g/mol. The normalized spacial score (nSPS) is 15.2. The Morgan fingerprint density at radius 1 is 1.20 bits per heavy atom. The summed E-state index contributed by atoms with van der Waals surface area (Å²) in [6.07, 6.45) is 5.76. The van der Waals surface area contributed by atoms with Crippen molar-refractivity contribution in [2.75, 3.05) is 27.3 Å². The molecular weight excluding hydrogens is 320 g/mol. The van der Waals surface area contributed by atoms with Gasteiger partial charge in [0.2, 0.25) is 5.91 Å². The Kier molecular flexibility index (Phi) is 6.86. The van der Waals surface area contributed by atoms with Crippen molar-refractivity contribution in [1.82, 2.24) is 10.2 Å². The minimum Gasteiger partial charge on any atom is -0.493 e. The maximum atomic E-state index is 12.7. The van der Waals surface area contributed by atoms with Crippen molar-refractivity contribution in [3.8, 4) is 11.5 Å². The first-order chi connectivity index (χ1) is 12.1. The first-order valence-electron chi connectivity index (χ1n) is 8.57. The topological polar surface area (TPSA) is 67.9 Å². The molecule has 25 heavy (non-hydrogen) atoms. The molecule has 1 saturated heterocycles. The zero-order chi connectivity index (χ0) is 18.2. The average molecular weight is 346 g/mol. The van der Waals surface area contributed by atoms with Crippen LogP contribution in [0.4, 0.5) is 0 Å². The molecule has 1 heterocycles. The SMILES string of the molecule is CC/C=C/C(=O)NC1CCN(C(=O)c2ccc(OC)c(OC)c2)CC1. The van der Waals surface area contributed by atoms with Gasteiger partial charge in [-0.1, -0.05) is 13.0 Å². The molecule has 6 nitrogen and oxygen atoms in total. The van der Waals surface area contributed by atoms with Crippen LogP contribution in [0, 0.1) is 0 Å². The molecule has 0 aromatic heterocycles. The highest BCUT2D eigenvalue weighted by atomic mass is 16.5. The van der Waals surface area contributed by atoms with Gasteiger partial charge >= 0.3 is 0 Å². The predicted octanol–water partition coefficient (Wildman–Crippen LogP) is 2.39. The number of methoxy groups -OCH3 is 2. The molecule has 0 unspecified atom stereocenters. The van der Waals surface area contributed by atoms with Crippen LogP contribution in [0.2, 0.25) is 0 Å². The van der Waals surface area contributed by atoms with E-state index < -0.39 is 0 Å². The van der Waals surface area contributed by atoms with Gasteiger partial charge in [0.25, 0.3) is 5.91 Å². The molecule has 1 aliphatic rings. The third-order valence-corrected chi connectivity index (χ3v) is 4.26. The van der Waals surface area contributed by atoms with Crippen molar-refractivity contribution >= 4 is 11.8 Å². The molecule has 136 valence electrons. The first kappa shape index (κ1) is 18.8. The lowest BCUT2D eigenvalue weighted by Gasteiger charge is -2.32. The van der Waals surface area contributed by atoms with E-state index >= 15 is 0 Å². The van der Waals surface area contributed by atoms with E-state index in [-0.39, 0.29) is 17.9 Å². The van der Waals surface area contributed by atoms with E-state index in [4.69, 9.17) is 9.47 Å². The van der Waals surface area contributed by atoms with Crippen LogP contribution in [0.3, 0.4) is 0 Å². The molecule has 2 rings (SSSR count). The number of piperidine rings is 1. The van der Waals surface area contributed by atoms with Crippen LogP contribution in [0.1, 0.15) is 36.5 Å². The van der Waals surface area contributed by atoms with E-state index in [2.05, 4.69) is 5.32 Å². The molecule has 6 heteroatoms. The highest BCUT2D eigenvalue weighted by Crippen LogP contribution is 2.28. The lowest BCUT2D eigenvalue weighted by Crippen LogP contribution is -2.46. The number of nitrogens with zero attached hydrogens (tertiary/aromatic N) is 1. The van der Waals surface area contributed by atoms with Gasteiger partial charge < -0.3 is 19.7 Å². The van der Waals surface area contributed by atoms with Crippen LogP contribution in [0.25, 0.3) is 0 Å². The van der Waals surface area contributed by atoms with Gasteiger partial charge in [-0.2, -0.15) is 0 Å². The Morgan fingerprint density at radius 2 is 1.88 bits per heavy atom. The molecule has 2 amide bonds. The molecule has 1 N–H and O–H groups in total. The smallest absolute Gasteiger partial charge is 0.253 e. The minimum atomic E-state index is -0.0634. The lowest BCUT2D eigenvalue weighted by molar-refractivity contribution is -0.117.